The Kier molecular flexibility index (Phi) is 8.01. The van der Waals surface area contributed by atoms with Crippen LogP contribution in [0.1, 0.15) is 76.8 Å². The Morgan fingerprint density at radius 2 is 1.36 bits per heavy atom. The fourth-order valence-electron chi connectivity index (χ4n) is 3.22. The molecule has 2 aromatic rings. The molecule has 0 spiro atoms. The average molecular weight is 298 g/mol. The molecule has 0 amide bonds. The van der Waals surface area contributed by atoms with Crippen LogP contribution in [-0.4, -0.2) is 0 Å². The van der Waals surface area contributed by atoms with Crippen LogP contribution in [0.5, 0.6) is 0 Å². The van der Waals surface area contributed by atoms with Gasteiger partial charge in [0.25, 0.3) is 0 Å². The summed E-state index contributed by atoms with van der Waals surface area (Å²) < 4.78 is 0. The van der Waals surface area contributed by atoms with E-state index >= 15 is 0 Å². The molecular weight excluding hydrogens is 266 g/mol. The Bertz CT molecular complexity index is 527. The number of aryl methyl sites for hydroxylation is 1. The predicted octanol–water partition coefficient (Wildman–Crippen LogP) is 6.12. The Labute approximate surface area is 136 Å². The molecule has 0 aliphatic carbocycles. The second-order valence-corrected chi connectivity index (χ2v) is 6.48. The highest BCUT2D eigenvalue weighted by atomic mass is 14.7. The van der Waals surface area contributed by atoms with E-state index in [0.717, 1.165) is 0 Å². The Morgan fingerprint density at radius 3 is 2.09 bits per heavy atom. The van der Waals surface area contributed by atoms with Crippen molar-refractivity contribution in [1.29, 1.82) is 0 Å². The molecule has 0 aliphatic rings. The molecule has 0 bridgehead atoms. The standard InChI is InChI=1S/C21H31N/c1-2-3-4-5-6-7-8-9-10-11-16-21-20-15-13-12-14-19(20)17-18-22-21/h12-15,17-18H,2-11,16H2,1H3/p+1. The van der Waals surface area contributed by atoms with Gasteiger partial charge in [-0.1, -0.05) is 82.9 Å². The number of H-pyrrole nitrogens is 1. The van der Waals surface area contributed by atoms with E-state index in [1.807, 2.05) is 0 Å². The first-order valence-corrected chi connectivity index (χ1v) is 9.30. The van der Waals surface area contributed by atoms with E-state index in [4.69, 9.17) is 0 Å². The summed E-state index contributed by atoms with van der Waals surface area (Å²) in [5, 5.41) is 2.74. The molecule has 1 heteroatoms. The maximum absolute atomic E-state index is 3.44. The van der Waals surface area contributed by atoms with Crippen molar-refractivity contribution in [3.05, 3.63) is 42.2 Å². The van der Waals surface area contributed by atoms with Crippen LogP contribution >= 0.6 is 0 Å². The van der Waals surface area contributed by atoms with Gasteiger partial charge in [0, 0.05) is 17.9 Å². The molecule has 0 saturated heterocycles. The van der Waals surface area contributed by atoms with Crippen LogP contribution in [0.3, 0.4) is 0 Å². The highest BCUT2D eigenvalue weighted by Gasteiger charge is 2.06. The van der Waals surface area contributed by atoms with E-state index in [1.165, 1.54) is 87.1 Å². The molecule has 0 radical (unpaired) electrons. The molecule has 1 aromatic heterocycles. The summed E-state index contributed by atoms with van der Waals surface area (Å²) in [5.41, 5.74) is 1.40. The number of pyridine rings is 1. The molecule has 1 N–H and O–H groups in total. The summed E-state index contributed by atoms with van der Waals surface area (Å²) in [6.07, 6.45) is 17.3. The lowest BCUT2D eigenvalue weighted by Crippen LogP contribution is -2.10. The molecule has 0 atom stereocenters. The van der Waals surface area contributed by atoms with E-state index in [1.54, 1.807) is 0 Å². The number of aromatic nitrogens is 1. The Morgan fingerprint density at radius 1 is 0.727 bits per heavy atom. The topological polar surface area (TPSA) is 14.1 Å². The first kappa shape index (κ1) is 17.0. The van der Waals surface area contributed by atoms with Crippen molar-refractivity contribution in [2.45, 2.75) is 77.6 Å². The van der Waals surface area contributed by atoms with Crippen LogP contribution in [-0.2, 0) is 6.42 Å². The Hall–Kier alpha value is -1.37. The molecule has 0 fully saturated rings. The summed E-state index contributed by atoms with van der Waals surface area (Å²) in [6.45, 7) is 2.29. The average Bonchev–Trinajstić information content (AvgIpc) is 2.56. The highest BCUT2D eigenvalue weighted by Crippen LogP contribution is 2.17. The highest BCUT2D eigenvalue weighted by molar-refractivity contribution is 5.83. The molecule has 0 saturated carbocycles. The molecule has 2 rings (SSSR count). The predicted molar refractivity (Wildman–Crippen MR) is 96.1 cm³/mol. The molecule has 22 heavy (non-hydrogen) atoms. The van der Waals surface area contributed by atoms with Crippen LogP contribution < -0.4 is 4.98 Å². The summed E-state index contributed by atoms with van der Waals surface area (Å²) in [5.74, 6) is 0. The third kappa shape index (κ3) is 5.79. The van der Waals surface area contributed by atoms with Crippen LogP contribution in [0.15, 0.2) is 36.5 Å². The van der Waals surface area contributed by atoms with E-state index in [-0.39, 0.29) is 0 Å². The Balaban J connectivity index is 1.59. The van der Waals surface area contributed by atoms with E-state index < -0.39 is 0 Å². The van der Waals surface area contributed by atoms with Gasteiger partial charge in [-0.25, -0.2) is 4.98 Å². The number of rotatable bonds is 11. The van der Waals surface area contributed by atoms with Crippen molar-refractivity contribution >= 4 is 10.8 Å². The van der Waals surface area contributed by atoms with Gasteiger partial charge in [-0.3, -0.25) is 0 Å². The number of unbranched alkanes of at least 4 members (excludes halogenated alkanes) is 9. The minimum atomic E-state index is 1.18. The number of hydrogen-bond acceptors (Lipinski definition) is 0. The number of benzene rings is 1. The van der Waals surface area contributed by atoms with Crippen molar-refractivity contribution < 1.29 is 4.98 Å². The van der Waals surface area contributed by atoms with Gasteiger partial charge in [-0.2, -0.15) is 0 Å². The van der Waals surface area contributed by atoms with Crippen LogP contribution in [0.2, 0.25) is 0 Å². The van der Waals surface area contributed by atoms with Gasteiger partial charge in [-0.05, 0) is 17.9 Å². The van der Waals surface area contributed by atoms with E-state index in [2.05, 4.69) is 48.4 Å². The van der Waals surface area contributed by atoms with Gasteiger partial charge >= 0.3 is 0 Å². The smallest absolute Gasteiger partial charge is 0.187 e. The normalized spacial score (nSPS) is 11.1. The molecule has 1 aromatic carbocycles. The molecule has 1 nitrogen and oxygen atoms in total. The van der Waals surface area contributed by atoms with Crippen molar-refractivity contribution in [2.75, 3.05) is 0 Å². The van der Waals surface area contributed by atoms with Gasteiger partial charge in [0.05, 0.1) is 0 Å². The van der Waals surface area contributed by atoms with E-state index in [0.29, 0.717) is 0 Å². The minimum Gasteiger partial charge on any atom is -0.215 e. The summed E-state index contributed by atoms with van der Waals surface area (Å²) in [7, 11) is 0. The molecular formula is C21H32N+. The fraction of sp³-hybridized carbons (Fsp3) is 0.571. The molecule has 120 valence electrons. The van der Waals surface area contributed by atoms with Crippen LogP contribution in [0.4, 0.5) is 0 Å². The van der Waals surface area contributed by atoms with Crippen molar-refractivity contribution in [3.63, 3.8) is 0 Å². The summed E-state index contributed by atoms with van der Waals surface area (Å²) in [6, 6.07) is 10.9. The lowest BCUT2D eigenvalue weighted by atomic mass is 10.0. The molecule has 1 heterocycles. The van der Waals surface area contributed by atoms with Gasteiger partial charge in [0.2, 0.25) is 0 Å². The van der Waals surface area contributed by atoms with Crippen molar-refractivity contribution in [2.24, 2.45) is 0 Å². The zero-order valence-corrected chi connectivity index (χ0v) is 14.2. The lowest BCUT2D eigenvalue weighted by Gasteiger charge is -2.02. The number of fused-ring (bicyclic) bond motifs is 1. The van der Waals surface area contributed by atoms with Gasteiger partial charge in [0.1, 0.15) is 0 Å². The lowest BCUT2D eigenvalue weighted by molar-refractivity contribution is -0.388. The van der Waals surface area contributed by atoms with Crippen LogP contribution in [0.25, 0.3) is 10.8 Å². The van der Waals surface area contributed by atoms with Gasteiger partial charge in [-0.15, -0.1) is 0 Å². The van der Waals surface area contributed by atoms with E-state index in [9.17, 15) is 0 Å². The minimum absolute atomic E-state index is 1.18. The number of hydrogen-bond donors (Lipinski definition) is 0. The second kappa shape index (κ2) is 10.4. The van der Waals surface area contributed by atoms with Crippen molar-refractivity contribution in [3.8, 4) is 0 Å². The monoisotopic (exact) mass is 298 g/mol. The van der Waals surface area contributed by atoms with Gasteiger partial charge < -0.3 is 0 Å². The van der Waals surface area contributed by atoms with Gasteiger partial charge in [0.15, 0.2) is 11.9 Å². The van der Waals surface area contributed by atoms with Crippen LogP contribution in [0, 0.1) is 0 Å². The first-order valence-electron chi connectivity index (χ1n) is 9.30. The number of nitrogens with one attached hydrogen (secondary N) is 1. The van der Waals surface area contributed by atoms with Crippen molar-refractivity contribution in [1.82, 2.24) is 0 Å². The second-order valence-electron chi connectivity index (χ2n) is 6.48. The third-order valence-electron chi connectivity index (χ3n) is 4.59. The SMILES string of the molecule is CCCCCCCCCCCCc1[nH+]ccc2ccccc12. The zero-order valence-electron chi connectivity index (χ0n) is 14.2. The first-order chi connectivity index (χ1) is 10.9. The zero-order chi connectivity index (χ0) is 15.5. The largest absolute Gasteiger partial charge is 0.215 e. The fourth-order valence-corrected chi connectivity index (χ4v) is 3.22. The molecule has 0 unspecified atom stereocenters. The maximum atomic E-state index is 3.44. The maximum Gasteiger partial charge on any atom is 0.187 e. The summed E-state index contributed by atoms with van der Waals surface area (Å²) in [4.78, 5) is 3.44. The summed E-state index contributed by atoms with van der Waals surface area (Å²) >= 11 is 0. The number of aromatic amines is 1. The third-order valence-corrected chi connectivity index (χ3v) is 4.59. The quantitative estimate of drug-likeness (QED) is 0.444. The molecule has 0 aliphatic heterocycles.